The molecular weight excluding hydrogens is 407 g/mol. The molecule has 10 heteroatoms. The fourth-order valence-corrected chi connectivity index (χ4v) is 3.81. The minimum absolute atomic E-state index is 0.0961. The van der Waals surface area contributed by atoms with E-state index in [2.05, 4.69) is 9.82 Å². The lowest BCUT2D eigenvalue weighted by Gasteiger charge is -2.07. The highest BCUT2D eigenvalue weighted by molar-refractivity contribution is 7.92. The Labute approximate surface area is 158 Å². The normalized spacial score (nSPS) is 11.5. The van der Waals surface area contributed by atoms with Gasteiger partial charge in [0.25, 0.3) is 10.0 Å². The Morgan fingerprint density at radius 1 is 1.12 bits per heavy atom. The summed E-state index contributed by atoms with van der Waals surface area (Å²) in [5.74, 6) is -1.92. The minimum atomic E-state index is -4.30. The van der Waals surface area contributed by atoms with Crippen LogP contribution in [0.15, 0.2) is 53.7 Å². The first-order valence-electron chi connectivity index (χ1n) is 7.19. The lowest BCUT2D eigenvalue weighted by molar-refractivity contribution is 0.555. The second kappa shape index (κ2) is 7.22. The molecule has 0 aliphatic carbocycles. The Morgan fingerprint density at radius 3 is 2.62 bits per heavy atom. The van der Waals surface area contributed by atoms with Gasteiger partial charge < -0.3 is 0 Å². The molecule has 0 fully saturated rings. The topological polar surface area (TPSA) is 64.0 Å². The highest BCUT2D eigenvalue weighted by Gasteiger charge is 2.20. The number of sulfonamides is 1. The Hall–Kier alpha value is -2.16. The maximum absolute atomic E-state index is 13.7. The van der Waals surface area contributed by atoms with Gasteiger partial charge in [0.2, 0.25) is 0 Å². The van der Waals surface area contributed by atoms with Crippen LogP contribution in [-0.4, -0.2) is 18.2 Å². The molecule has 2 aromatic carbocycles. The van der Waals surface area contributed by atoms with Crippen molar-refractivity contribution in [3.05, 3.63) is 76.0 Å². The van der Waals surface area contributed by atoms with Gasteiger partial charge in [-0.1, -0.05) is 29.3 Å². The molecular formula is C16H11Cl2F2N3O2S. The first-order valence-corrected chi connectivity index (χ1v) is 9.43. The number of nitrogens with one attached hydrogen (secondary N) is 1. The third-order valence-corrected chi connectivity index (χ3v) is 5.40. The van der Waals surface area contributed by atoms with Gasteiger partial charge in [-0.3, -0.25) is 9.40 Å². The molecule has 0 aliphatic rings. The number of halogens is 4. The summed E-state index contributed by atoms with van der Waals surface area (Å²) in [5.41, 5.74) is 0.823. The smallest absolute Gasteiger partial charge is 0.265 e. The largest absolute Gasteiger partial charge is 0.276 e. The van der Waals surface area contributed by atoms with Crippen LogP contribution in [0.4, 0.5) is 14.5 Å². The number of rotatable bonds is 5. The average Bonchev–Trinajstić information content (AvgIpc) is 2.98. The van der Waals surface area contributed by atoms with E-state index in [0.29, 0.717) is 16.1 Å². The number of hydrogen-bond donors (Lipinski definition) is 1. The van der Waals surface area contributed by atoms with E-state index in [9.17, 15) is 17.2 Å². The SMILES string of the molecule is O=S(=O)(Nc1cnn(Cc2ccc(Cl)cc2Cl)c1)c1cc(F)ccc1F. The molecule has 26 heavy (non-hydrogen) atoms. The highest BCUT2D eigenvalue weighted by Crippen LogP contribution is 2.23. The zero-order chi connectivity index (χ0) is 18.9. The van der Waals surface area contributed by atoms with Crippen LogP contribution in [0.1, 0.15) is 5.56 Å². The number of nitrogens with zero attached hydrogens (tertiary/aromatic N) is 2. The van der Waals surface area contributed by atoms with Gasteiger partial charge in [-0.15, -0.1) is 0 Å². The molecule has 0 amide bonds. The summed E-state index contributed by atoms with van der Waals surface area (Å²) in [6.45, 7) is 0.270. The number of benzene rings is 2. The van der Waals surface area contributed by atoms with Gasteiger partial charge in [-0.25, -0.2) is 17.2 Å². The van der Waals surface area contributed by atoms with E-state index in [-0.39, 0.29) is 12.2 Å². The van der Waals surface area contributed by atoms with Crippen molar-refractivity contribution in [2.75, 3.05) is 4.72 Å². The van der Waals surface area contributed by atoms with E-state index in [1.54, 1.807) is 18.2 Å². The van der Waals surface area contributed by atoms with Crippen molar-refractivity contribution in [3.63, 3.8) is 0 Å². The lowest BCUT2D eigenvalue weighted by Crippen LogP contribution is -2.14. The van der Waals surface area contributed by atoms with Crippen LogP contribution >= 0.6 is 23.2 Å². The zero-order valence-electron chi connectivity index (χ0n) is 13.0. The second-order valence-corrected chi connectivity index (χ2v) is 7.84. The number of anilines is 1. The fourth-order valence-electron chi connectivity index (χ4n) is 2.22. The standard InChI is InChI=1S/C16H11Cl2F2N3O2S/c17-11-2-1-10(14(18)5-11)8-23-9-13(7-21-23)22-26(24,25)16-6-12(19)3-4-15(16)20/h1-7,9,22H,8H2. The molecule has 3 aromatic rings. The number of aromatic nitrogens is 2. The molecule has 5 nitrogen and oxygen atoms in total. The summed E-state index contributed by atoms with van der Waals surface area (Å²) in [4.78, 5) is -0.786. The third kappa shape index (κ3) is 4.14. The maximum Gasteiger partial charge on any atom is 0.265 e. The molecule has 136 valence electrons. The van der Waals surface area contributed by atoms with Crippen LogP contribution in [0.2, 0.25) is 10.0 Å². The van der Waals surface area contributed by atoms with E-state index in [0.717, 1.165) is 17.7 Å². The maximum atomic E-state index is 13.7. The van der Waals surface area contributed by atoms with E-state index in [1.165, 1.54) is 17.1 Å². The van der Waals surface area contributed by atoms with E-state index < -0.39 is 26.6 Å². The monoisotopic (exact) mass is 417 g/mol. The molecule has 0 atom stereocenters. The van der Waals surface area contributed by atoms with Crippen LogP contribution in [0.3, 0.4) is 0 Å². The molecule has 0 unspecified atom stereocenters. The molecule has 0 bridgehead atoms. The van der Waals surface area contributed by atoms with Gasteiger partial charge in [0.05, 0.1) is 18.4 Å². The lowest BCUT2D eigenvalue weighted by atomic mass is 10.2. The van der Waals surface area contributed by atoms with Crippen molar-refractivity contribution >= 4 is 38.9 Å². The van der Waals surface area contributed by atoms with Gasteiger partial charge in [0.1, 0.15) is 16.5 Å². The molecule has 1 aromatic heterocycles. The molecule has 0 radical (unpaired) electrons. The summed E-state index contributed by atoms with van der Waals surface area (Å²) in [7, 11) is -4.30. The van der Waals surface area contributed by atoms with Crippen molar-refractivity contribution in [1.82, 2.24) is 9.78 Å². The first-order chi connectivity index (χ1) is 12.2. The quantitative estimate of drug-likeness (QED) is 0.672. The van der Waals surface area contributed by atoms with Crippen molar-refractivity contribution < 1.29 is 17.2 Å². The second-order valence-electron chi connectivity index (χ2n) is 5.34. The average molecular weight is 418 g/mol. The minimum Gasteiger partial charge on any atom is -0.276 e. The van der Waals surface area contributed by atoms with Crippen LogP contribution in [0.25, 0.3) is 0 Å². The summed E-state index contributed by atoms with van der Waals surface area (Å²) in [5, 5.41) is 4.96. The molecule has 0 saturated heterocycles. The third-order valence-electron chi connectivity index (χ3n) is 3.42. The number of hydrogen-bond acceptors (Lipinski definition) is 3. The predicted molar refractivity (Wildman–Crippen MR) is 95.0 cm³/mol. The van der Waals surface area contributed by atoms with E-state index in [4.69, 9.17) is 23.2 Å². The van der Waals surface area contributed by atoms with Crippen molar-refractivity contribution in [3.8, 4) is 0 Å². The molecule has 0 aliphatic heterocycles. The zero-order valence-corrected chi connectivity index (χ0v) is 15.3. The van der Waals surface area contributed by atoms with Crippen LogP contribution in [0.5, 0.6) is 0 Å². The van der Waals surface area contributed by atoms with Gasteiger partial charge >= 0.3 is 0 Å². The predicted octanol–water partition coefficient (Wildman–Crippen LogP) is 4.32. The summed E-state index contributed by atoms with van der Waals surface area (Å²) >= 11 is 11.9. The summed E-state index contributed by atoms with van der Waals surface area (Å²) in [6, 6.07) is 7.16. The first kappa shape index (κ1) is 18.6. The van der Waals surface area contributed by atoms with Gasteiger partial charge in [0.15, 0.2) is 0 Å². The summed E-state index contributed by atoms with van der Waals surface area (Å²) in [6.07, 6.45) is 2.65. The van der Waals surface area contributed by atoms with Gasteiger partial charge in [-0.05, 0) is 35.9 Å². The Balaban J connectivity index is 1.80. The molecule has 0 spiro atoms. The van der Waals surface area contributed by atoms with Gasteiger partial charge in [0, 0.05) is 16.2 Å². The van der Waals surface area contributed by atoms with Gasteiger partial charge in [-0.2, -0.15) is 5.10 Å². The fraction of sp³-hybridized carbons (Fsp3) is 0.0625. The van der Waals surface area contributed by atoms with Crippen molar-refractivity contribution in [1.29, 1.82) is 0 Å². The molecule has 1 heterocycles. The van der Waals surface area contributed by atoms with Crippen LogP contribution in [-0.2, 0) is 16.6 Å². The molecule has 0 saturated carbocycles. The van der Waals surface area contributed by atoms with Crippen LogP contribution < -0.4 is 4.72 Å². The van der Waals surface area contributed by atoms with E-state index >= 15 is 0 Å². The molecule has 3 rings (SSSR count). The van der Waals surface area contributed by atoms with Crippen LogP contribution in [0, 0.1) is 11.6 Å². The van der Waals surface area contributed by atoms with Crippen molar-refractivity contribution in [2.45, 2.75) is 11.4 Å². The Bertz CT molecular complexity index is 1070. The van der Waals surface area contributed by atoms with Crippen molar-refractivity contribution in [2.24, 2.45) is 0 Å². The van der Waals surface area contributed by atoms with E-state index in [1.807, 2.05) is 0 Å². The highest BCUT2D eigenvalue weighted by atomic mass is 35.5. The molecule has 1 N–H and O–H groups in total. The Kier molecular flexibility index (Phi) is 5.17. The summed E-state index contributed by atoms with van der Waals surface area (Å²) < 4.78 is 55.0. The Morgan fingerprint density at radius 2 is 1.88 bits per heavy atom.